The van der Waals surface area contributed by atoms with E-state index in [-0.39, 0.29) is 16.5 Å². The zero-order valence-corrected chi connectivity index (χ0v) is 9.62. The van der Waals surface area contributed by atoms with Gasteiger partial charge in [0.15, 0.2) is 5.82 Å². The molecule has 0 saturated heterocycles. The third kappa shape index (κ3) is 2.31. The molecule has 2 rings (SSSR count). The van der Waals surface area contributed by atoms with Crippen LogP contribution < -0.4 is 4.72 Å². The van der Waals surface area contributed by atoms with Crippen LogP contribution in [0.15, 0.2) is 40.1 Å². The predicted molar refractivity (Wildman–Crippen MR) is 61.0 cm³/mol. The molecule has 5 nitrogen and oxygen atoms in total. The molecule has 1 heterocycles. The summed E-state index contributed by atoms with van der Waals surface area (Å²) in [5.74, 6) is 0.175. The van der Waals surface area contributed by atoms with Gasteiger partial charge in [-0.3, -0.25) is 4.72 Å². The first-order chi connectivity index (χ1) is 7.58. The van der Waals surface area contributed by atoms with Gasteiger partial charge >= 0.3 is 0 Å². The van der Waals surface area contributed by atoms with E-state index in [2.05, 4.69) is 9.71 Å². The molecule has 0 saturated carbocycles. The van der Waals surface area contributed by atoms with Crippen molar-refractivity contribution in [3.63, 3.8) is 0 Å². The van der Waals surface area contributed by atoms with Gasteiger partial charge in [0.2, 0.25) is 0 Å². The Kier molecular flexibility index (Phi) is 2.80. The van der Waals surface area contributed by atoms with Gasteiger partial charge in [0.1, 0.15) is 5.75 Å². The van der Waals surface area contributed by atoms with Crippen LogP contribution >= 0.6 is 11.3 Å². The van der Waals surface area contributed by atoms with E-state index < -0.39 is 10.0 Å². The Morgan fingerprint density at radius 2 is 2.19 bits per heavy atom. The monoisotopic (exact) mass is 256 g/mol. The standard InChI is InChI=1S/C9H8N2O3S2/c12-7-2-1-3-8(4-7)16(13,14)11-9-5-15-6-10-9/h1-6,11-12H. The van der Waals surface area contributed by atoms with Gasteiger partial charge in [0.05, 0.1) is 10.4 Å². The molecule has 1 aromatic heterocycles. The maximum absolute atomic E-state index is 11.8. The number of hydrogen-bond acceptors (Lipinski definition) is 5. The highest BCUT2D eigenvalue weighted by atomic mass is 32.2. The van der Waals surface area contributed by atoms with Crippen LogP contribution in [0.3, 0.4) is 0 Å². The number of hydrogen-bond donors (Lipinski definition) is 2. The Labute approximate surface area is 96.5 Å². The Morgan fingerprint density at radius 1 is 1.38 bits per heavy atom. The minimum Gasteiger partial charge on any atom is -0.508 e. The Balaban J connectivity index is 2.33. The lowest BCUT2D eigenvalue weighted by atomic mass is 10.3. The fourth-order valence-corrected chi connectivity index (χ4v) is 2.71. The number of anilines is 1. The molecule has 2 N–H and O–H groups in total. The van der Waals surface area contributed by atoms with E-state index in [4.69, 9.17) is 0 Å². The largest absolute Gasteiger partial charge is 0.508 e. The zero-order valence-electron chi connectivity index (χ0n) is 7.99. The van der Waals surface area contributed by atoms with Gasteiger partial charge in [0, 0.05) is 11.4 Å². The fourth-order valence-electron chi connectivity index (χ4n) is 1.11. The molecular weight excluding hydrogens is 248 g/mol. The van der Waals surface area contributed by atoms with Crippen molar-refractivity contribution in [1.29, 1.82) is 0 Å². The number of aromatic hydroxyl groups is 1. The zero-order chi connectivity index (χ0) is 11.6. The van der Waals surface area contributed by atoms with E-state index in [0.29, 0.717) is 0 Å². The molecule has 0 spiro atoms. The molecule has 0 aliphatic rings. The molecule has 0 amide bonds. The molecule has 1 aromatic carbocycles. The molecule has 0 bridgehead atoms. The number of benzene rings is 1. The van der Waals surface area contributed by atoms with Crippen LogP contribution in [-0.4, -0.2) is 18.5 Å². The van der Waals surface area contributed by atoms with Crippen molar-refractivity contribution in [2.75, 3.05) is 4.72 Å². The van der Waals surface area contributed by atoms with Crippen molar-refractivity contribution < 1.29 is 13.5 Å². The highest BCUT2D eigenvalue weighted by molar-refractivity contribution is 7.92. The number of aromatic nitrogens is 1. The van der Waals surface area contributed by atoms with Crippen molar-refractivity contribution in [3.8, 4) is 5.75 Å². The van der Waals surface area contributed by atoms with Gasteiger partial charge in [-0.2, -0.15) is 0 Å². The van der Waals surface area contributed by atoms with Crippen molar-refractivity contribution in [3.05, 3.63) is 35.2 Å². The topological polar surface area (TPSA) is 79.3 Å². The van der Waals surface area contributed by atoms with E-state index in [1.54, 1.807) is 5.38 Å². The van der Waals surface area contributed by atoms with E-state index in [9.17, 15) is 13.5 Å². The SMILES string of the molecule is O=S(=O)(Nc1cscn1)c1cccc(O)c1. The number of rotatable bonds is 3. The highest BCUT2D eigenvalue weighted by Crippen LogP contribution is 2.19. The lowest BCUT2D eigenvalue weighted by molar-refractivity contribution is 0.473. The summed E-state index contributed by atoms with van der Waals surface area (Å²) in [6, 6.07) is 5.44. The van der Waals surface area contributed by atoms with Crippen LogP contribution in [0.2, 0.25) is 0 Å². The van der Waals surface area contributed by atoms with Crippen LogP contribution in [0.1, 0.15) is 0 Å². The molecule has 0 aliphatic carbocycles. The average Bonchev–Trinajstić information content (AvgIpc) is 2.70. The summed E-state index contributed by atoms with van der Waals surface area (Å²) in [5, 5.41) is 10.8. The molecule has 2 aromatic rings. The van der Waals surface area contributed by atoms with Gasteiger partial charge in [-0.15, -0.1) is 11.3 Å². The second kappa shape index (κ2) is 4.11. The van der Waals surface area contributed by atoms with Crippen molar-refractivity contribution in [2.45, 2.75) is 4.90 Å². The molecular formula is C9H8N2O3S2. The lowest BCUT2D eigenvalue weighted by Crippen LogP contribution is -2.12. The average molecular weight is 256 g/mol. The van der Waals surface area contributed by atoms with Crippen LogP contribution in [0, 0.1) is 0 Å². The first-order valence-electron chi connectivity index (χ1n) is 4.28. The summed E-state index contributed by atoms with van der Waals surface area (Å²) >= 11 is 1.29. The third-order valence-electron chi connectivity index (χ3n) is 1.80. The first kappa shape index (κ1) is 10.9. The number of thiazole rings is 1. The molecule has 0 fully saturated rings. The quantitative estimate of drug-likeness (QED) is 0.875. The second-order valence-corrected chi connectivity index (χ2v) is 5.38. The Hall–Kier alpha value is -1.60. The van der Waals surface area contributed by atoms with Gasteiger partial charge in [-0.05, 0) is 12.1 Å². The minimum absolute atomic E-state index is 0.000463. The molecule has 0 aliphatic heterocycles. The van der Waals surface area contributed by atoms with Crippen molar-refractivity contribution in [1.82, 2.24) is 4.98 Å². The summed E-state index contributed by atoms with van der Waals surface area (Å²) < 4.78 is 25.9. The summed E-state index contributed by atoms with van der Waals surface area (Å²) in [6.45, 7) is 0. The fraction of sp³-hybridized carbons (Fsp3) is 0. The molecule has 7 heteroatoms. The van der Waals surface area contributed by atoms with Crippen molar-refractivity contribution >= 4 is 27.2 Å². The predicted octanol–water partition coefficient (Wildman–Crippen LogP) is 1.65. The van der Waals surface area contributed by atoms with Crippen LogP contribution in [0.25, 0.3) is 0 Å². The van der Waals surface area contributed by atoms with Crippen molar-refractivity contribution in [2.24, 2.45) is 0 Å². The van der Waals surface area contributed by atoms with Gasteiger partial charge in [0.25, 0.3) is 10.0 Å². The molecule has 0 unspecified atom stereocenters. The number of nitrogens with zero attached hydrogens (tertiary/aromatic N) is 1. The van der Waals surface area contributed by atoms with Crippen LogP contribution in [0.4, 0.5) is 5.82 Å². The van der Waals surface area contributed by atoms with Gasteiger partial charge < -0.3 is 5.11 Å². The van der Waals surface area contributed by atoms with E-state index >= 15 is 0 Å². The van der Waals surface area contributed by atoms with Crippen LogP contribution in [0.5, 0.6) is 5.75 Å². The first-order valence-corrected chi connectivity index (χ1v) is 6.70. The number of phenols is 1. The maximum Gasteiger partial charge on any atom is 0.263 e. The summed E-state index contributed by atoms with van der Waals surface area (Å²) in [4.78, 5) is 3.82. The molecule has 84 valence electrons. The normalized spacial score (nSPS) is 11.2. The van der Waals surface area contributed by atoms with E-state index in [1.165, 1.54) is 41.1 Å². The highest BCUT2D eigenvalue weighted by Gasteiger charge is 2.15. The third-order valence-corrected chi connectivity index (χ3v) is 3.74. The van der Waals surface area contributed by atoms with E-state index in [1.807, 2.05) is 0 Å². The summed E-state index contributed by atoms with van der Waals surface area (Å²) in [6.07, 6.45) is 0. The number of sulfonamides is 1. The Bertz CT molecular complexity index is 579. The number of phenolic OH excluding ortho intramolecular Hbond substituents is 1. The smallest absolute Gasteiger partial charge is 0.263 e. The molecule has 0 atom stereocenters. The van der Waals surface area contributed by atoms with Gasteiger partial charge in [-0.1, -0.05) is 6.07 Å². The van der Waals surface area contributed by atoms with Crippen LogP contribution in [-0.2, 0) is 10.0 Å². The molecule has 16 heavy (non-hydrogen) atoms. The Morgan fingerprint density at radius 3 is 2.81 bits per heavy atom. The lowest BCUT2D eigenvalue weighted by Gasteiger charge is -2.05. The van der Waals surface area contributed by atoms with Gasteiger partial charge in [-0.25, -0.2) is 13.4 Å². The maximum atomic E-state index is 11.8. The second-order valence-electron chi connectivity index (χ2n) is 2.98. The molecule has 0 radical (unpaired) electrons. The summed E-state index contributed by atoms with van der Waals surface area (Å²) in [7, 11) is -3.67. The summed E-state index contributed by atoms with van der Waals surface area (Å²) in [5.41, 5.74) is 1.53. The minimum atomic E-state index is -3.67. The van der Waals surface area contributed by atoms with E-state index in [0.717, 1.165) is 0 Å². The number of nitrogens with one attached hydrogen (secondary N) is 1.